The van der Waals surface area contributed by atoms with Gasteiger partial charge in [0.1, 0.15) is 11.9 Å². The normalized spacial score (nSPS) is 9.77. The van der Waals surface area contributed by atoms with Crippen molar-refractivity contribution in [2.24, 2.45) is 0 Å². The molecule has 0 aliphatic heterocycles. The molecule has 1 N–H and O–H groups in total. The van der Waals surface area contributed by atoms with E-state index in [0.29, 0.717) is 12.2 Å². The van der Waals surface area contributed by atoms with Crippen molar-refractivity contribution in [3.05, 3.63) is 28.8 Å². The van der Waals surface area contributed by atoms with Crippen molar-refractivity contribution in [2.75, 3.05) is 0 Å². The molecule has 0 amide bonds. The lowest BCUT2D eigenvalue weighted by Crippen LogP contribution is -2.18. The molecular weight excluding hydrogens is 372 g/mol. The number of rotatable bonds is 3. The molecule has 0 heterocycles. The lowest BCUT2D eigenvalue weighted by Gasteiger charge is -2.28. The van der Waals surface area contributed by atoms with Crippen LogP contribution in [0.15, 0.2) is 12.1 Å². The highest BCUT2D eigenvalue weighted by atomic mass is 16.5. The minimum Gasteiger partial charge on any atom is -0.507 e. The molecule has 0 aromatic heterocycles. The van der Waals surface area contributed by atoms with E-state index in [0.717, 1.165) is 16.7 Å². The first-order valence-electron chi connectivity index (χ1n) is 9.49. The molecular formula is C27H26O3. The van der Waals surface area contributed by atoms with Crippen molar-refractivity contribution in [3.63, 3.8) is 0 Å². The lowest BCUT2D eigenvalue weighted by molar-refractivity contribution is -0.136. The molecule has 152 valence electrons. The van der Waals surface area contributed by atoms with Gasteiger partial charge >= 0.3 is 5.97 Å². The molecule has 0 aliphatic carbocycles. The predicted molar refractivity (Wildman–Crippen MR) is 120 cm³/mol. The van der Waals surface area contributed by atoms with Crippen LogP contribution in [-0.4, -0.2) is 11.1 Å². The maximum absolute atomic E-state index is 12.0. The minimum absolute atomic E-state index is 0.168. The molecule has 0 saturated carbocycles. The summed E-state index contributed by atoms with van der Waals surface area (Å²) < 4.78 is 4.87. The Morgan fingerprint density at radius 1 is 0.900 bits per heavy atom. The van der Waals surface area contributed by atoms with Crippen LogP contribution >= 0.6 is 0 Å². The highest BCUT2D eigenvalue weighted by Gasteiger charge is 2.26. The molecule has 0 radical (unpaired) electrons. The third kappa shape index (κ3) is 8.12. The molecule has 1 rings (SSSR count). The molecule has 30 heavy (non-hydrogen) atoms. The van der Waals surface area contributed by atoms with Crippen molar-refractivity contribution in [1.82, 2.24) is 0 Å². The number of carbonyl (C=O) groups excluding carboxylic acids is 1. The first-order valence-corrected chi connectivity index (χ1v) is 9.49. The van der Waals surface area contributed by atoms with E-state index in [1.807, 2.05) is 12.1 Å². The number of carbonyl (C=O) groups is 1. The Bertz CT molecular complexity index is 1050. The number of phenols is 1. The van der Waals surface area contributed by atoms with E-state index < -0.39 is 5.97 Å². The van der Waals surface area contributed by atoms with Crippen LogP contribution in [0.3, 0.4) is 0 Å². The fourth-order valence-electron chi connectivity index (χ4n) is 2.58. The molecule has 1 aromatic carbocycles. The average molecular weight is 399 g/mol. The van der Waals surface area contributed by atoms with Gasteiger partial charge in [-0.05, 0) is 57.6 Å². The summed E-state index contributed by atoms with van der Waals surface area (Å²) in [5.41, 5.74) is 2.25. The van der Waals surface area contributed by atoms with Gasteiger partial charge in [-0.2, -0.15) is 0 Å². The number of terminal acetylenes is 1. The Morgan fingerprint density at radius 2 is 1.37 bits per heavy atom. The number of hydrogen-bond acceptors (Lipinski definition) is 3. The van der Waals surface area contributed by atoms with E-state index in [-0.39, 0.29) is 17.3 Å². The summed E-state index contributed by atoms with van der Waals surface area (Å²) in [5, 5.41) is 10.8. The number of hydrogen-bond donors (Lipinski definition) is 1. The minimum atomic E-state index is -0.446. The number of aromatic hydroxyl groups is 1. The number of benzene rings is 1. The molecule has 3 nitrogen and oxygen atoms in total. The molecule has 0 spiro atoms. The van der Waals surface area contributed by atoms with Gasteiger partial charge in [-0.1, -0.05) is 53.7 Å². The summed E-state index contributed by atoms with van der Waals surface area (Å²) in [6, 6.07) is 3.91. The second kappa shape index (κ2) is 10.7. The summed E-state index contributed by atoms with van der Waals surface area (Å²) in [4.78, 5) is 12.0. The van der Waals surface area contributed by atoms with Gasteiger partial charge in [-0.15, -0.1) is 6.42 Å². The molecule has 0 bridgehead atoms. The van der Waals surface area contributed by atoms with Crippen LogP contribution in [0.2, 0.25) is 0 Å². The van der Waals surface area contributed by atoms with Crippen molar-refractivity contribution in [3.8, 4) is 65.6 Å². The van der Waals surface area contributed by atoms with Crippen LogP contribution in [0.25, 0.3) is 0 Å². The Balaban J connectivity index is 2.85. The van der Waals surface area contributed by atoms with Crippen LogP contribution in [0, 0.1) is 59.9 Å². The van der Waals surface area contributed by atoms with Crippen LogP contribution < -0.4 is 0 Å². The van der Waals surface area contributed by atoms with Crippen LogP contribution in [0.5, 0.6) is 5.75 Å². The van der Waals surface area contributed by atoms with E-state index in [9.17, 15) is 9.90 Å². The van der Waals surface area contributed by atoms with E-state index in [1.54, 1.807) is 0 Å². The summed E-state index contributed by atoms with van der Waals surface area (Å²) >= 11 is 0. The monoisotopic (exact) mass is 398 g/mol. The molecule has 0 fully saturated rings. The largest absolute Gasteiger partial charge is 0.507 e. The SMILES string of the molecule is C#CC#CC#CC#CC#COC(=O)CCc1cc(C(C)(C)C)c(O)c(C(C)(C)C)c1. The van der Waals surface area contributed by atoms with Crippen molar-refractivity contribution in [1.29, 1.82) is 0 Å². The molecule has 0 unspecified atom stereocenters. The zero-order valence-corrected chi connectivity index (χ0v) is 18.4. The van der Waals surface area contributed by atoms with Crippen molar-refractivity contribution < 1.29 is 14.6 Å². The molecule has 0 aliphatic rings. The lowest BCUT2D eigenvalue weighted by atomic mass is 9.78. The van der Waals surface area contributed by atoms with Crippen LogP contribution in [-0.2, 0) is 26.8 Å². The van der Waals surface area contributed by atoms with Gasteiger partial charge in [0.15, 0.2) is 0 Å². The fraction of sp³-hybridized carbons (Fsp3) is 0.370. The van der Waals surface area contributed by atoms with Crippen LogP contribution in [0.1, 0.15) is 64.7 Å². The van der Waals surface area contributed by atoms with Gasteiger partial charge in [0, 0.05) is 23.7 Å². The molecule has 1 aromatic rings. The fourth-order valence-corrected chi connectivity index (χ4v) is 2.58. The van der Waals surface area contributed by atoms with Crippen LogP contribution in [0.4, 0.5) is 0 Å². The highest BCUT2D eigenvalue weighted by Crippen LogP contribution is 2.39. The van der Waals surface area contributed by atoms with Crippen molar-refractivity contribution in [2.45, 2.75) is 65.2 Å². The number of esters is 1. The first-order chi connectivity index (χ1) is 14.0. The maximum Gasteiger partial charge on any atom is 0.320 e. The van der Waals surface area contributed by atoms with Gasteiger partial charge in [0.25, 0.3) is 0 Å². The third-order valence-corrected chi connectivity index (χ3v) is 4.07. The van der Waals surface area contributed by atoms with Gasteiger partial charge in [0.2, 0.25) is 0 Å². The second-order valence-electron chi connectivity index (χ2n) is 8.64. The summed E-state index contributed by atoms with van der Waals surface area (Å²) in [6.45, 7) is 12.3. The zero-order chi connectivity index (χ0) is 22.8. The quantitative estimate of drug-likeness (QED) is 0.617. The Labute approximate surface area is 180 Å². The molecule has 0 atom stereocenters. The Kier molecular flexibility index (Phi) is 8.70. The van der Waals surface area contributed by atoms with Gasteiger partial charge in [-0.3, -0.25) is 4.79 Å². The third-order valence-electron chi connectivity index (χ3n) is 4.07. The zero-order valence-electron chi connectivity index (χ0n) is 18.4. The summed E-state index contributed by atoms with van der Waals surface area (Å²) in [5.74, 6) is 18.9. The predicted octanol–water partition coefficient (Wildman–Crippen LogP) is 4.07. The molecule has 3 heteroatoms. The highest BCUT2D eigenvalue weighted by molar-refractivity contribution is 5.71. The second-order valence-corrected chi connectivity index (χ2v) is 8.64. The number of ether oxygens (including phenoxy) is 1. The van der Waals surface area contributed by atoms with E-state index in [1.165, 1.54) is 0 Å². The van der Waals surface area contributed by atoms with Gasteiger partial charge in [0.05, 0.1) is 6.42 Å². The van der Waals surface area contributed by atoms with Gasteiger partial charge in [-0.25, -0.2) is 0 Å². The maximum atomic E-state index is 12.0. The Morgan fingerprint density at radius 3 is 1.83 bits per heavy atom. The standard InChI is InChI=1S/C27H26O3/c1-8-9-10-11-12-13-14-15-18-30-24(28)17-16-21-19-22(26(2,3)4)25(29)23(20-21)27(5,6)7/h1,19-20,29H,16-17H2,2-7H3. The van der Waals surface area contributed by atoms with E-state index in [2.05, 4.69) is 95.0 Å². The average Bonchev–Trinajstić information content (AvgIpc) is 2.64. The summed E-state index contributed by atoms with van der Waals surface area (Å²) in [7, 11) is 0. The Hall–Kier alpha value is -3.71. The number of phenolic OH excluding ortho intramolecular Hbond substituents is 1. The molecule has 0 saturated heterocycles. The summed E-state index contributed by atoms with van der Waals surface area (Å²) in [6.07, 6.45) is 7.86. The van der Waals surface area contributed by atoms with E-state index >= 15 is 0 Å². The van der Waals surface area contributed by atoms with E-state index in [4.69, 9.17) is 11.2 Å². The number of aryl methyl sites for hydroxylation is 1. The van der Waals surface area contributed by atoms with Crippen molar-refractivity contribution >= 4 is 5.97 Å². The topological polar surface area (TPSA) is 46.5 Å². The smallest absolute Gasteiger partial charge is 0.320 e. The first kappa shape index (κ1) is 24.3. The van der Waals surface area contributed by atoms with Gasteiger partial charge < -0.3 is 9.84 Å².